The SMILES string of the molecule is CCSP1CC=CO1. The highest BCUT2D eigenvalue weighted by Crippen LogP contribution is 2.53. The summed E-state index contributed by atoms with van der Waals surface area (Å²) in [5, 5.41) is 0. The molecular formula is C5H9OPS. The molecule has 46 valence electrons. The summed E-state index contributed by atoms with van der Waals surface area (Å²) in [7, 11) is -0.140. The Labute approximate surface area is 55.1 Å². The van der Waals surface area contributed by atoms with Crippen LogP contribution in [0.5, 0.6) is 0 Å². The van der Waals surface area contributed by atoms with Gasteiger partial charge in [0.2, 0.25) is 0 Å². The normalized spacial score (nSPS) is 25.9. The highest BCUT2D eigenvalue weighted by Gasteiger charge is 2.09. The van der Waals surface area contributed by atoms with Gasteiger partial charge in [0.05, 0.1) is 6.26 Å². The van der Waals surface area contributed by atoms with Crippen LogP contribution < -0.4 is 0 Å². The zero-order valence-corrected chi connectivity index (χ0v) is 6.54. The molecule has 0 aromatic heterocycles. The lowest BCUT2D eigenvalue weighted by Crippen LogP contribution is -1.68. The summed E-state index contributed by atoms with van der Waals surface area (Å²) in [5.74, 6) is 1.17. The van der Waals surface area contributed by atoms with Crippen LogP contribution in [0.1, 0.15) is 6.92 Å². The standard InChI is InChI=1S/C5H9OPS/c1-2-8-7-5-3-4-6-7/h3-4H,2,5H2,1H3. The molecule has 0 aromatic carbocycles. The fourth-order valence-corrected chi connectivity index (χ4v) is 3.30. The van der Waals surface area contributed by atoms with Crippen molar-refractivity contribution in [3.05, 3.63) is 12.3 Å². The zero-order chi connectivity index (χ0) is 5.82. The third-order valence-corrected chi connectivity index (χ3v) is 4.56. The van der Waals surface area contributed by atoms with E-state index in [9.17, 15) is 0 Å². The summed E-state index contributed by atoms with van der Waals surface area (Å²) in [6.07, 6.45) is 5.05. The van der Waals surface area contributed by atoms with Gasteiger partial charge in [-0.25, -0.2) is 0 Å². The Morgan fingerprint density at radius 1 is 1.88 bits per heavy atom. The third kappa shape index (κ3) is 1.68. The monoisotopic (exact) mass is 148 g/mol. The van der Waals surface area contributed by atoms with E-state index in [1.54, 1.807) is 0 Å². The second-order valence-electron chi connectivity index (χ2n) is 1.41. The van der Waals surface area contributed by atoms with Crippen LogP contribution in [-0.2, 0) is 4.52 Å². The molecule has 0 saturated heterocycles. The van der Waals surface area contributed by atoms with Crippen LogP contribution in [0, 0.1) is 0 Å². The molecule has 0 aliphatic carbocycles. The molecule has 3 heteroatoms. The first kappa shape index (κ1) is 6.44. The number of allylic oxidation sites excluding steroid dienone is 1. The molecule has 1 heterocycles. The molecule has 0 fully saturated rings. The smallest absolute Gasteiger partial charge is 0.150 e. The number of rotatable bonds is 2. The van der Waals surface area contributed by atoms with Crippen molar-refractivity contribution < 1.29 is 4.52 Å². The molecule has 0 aromatic rings. The van der Waals surface area contributed by atoms with Crippen molar-refractivity contribution in [1.29, 1.82) is 0 Å². The maximum Gasteiger partial charge on any atom is 0.150 e. The lowest BCUT2D eigenvalue weighted by Gasteiger charge is -2.04. The van der Waals surface area contributed by atoms with Gasteiger partial charge in [-0.05, 0) is 11.8 Å². The van der Waals surface area contributed by atoms with Crippen LogP contribution in [0.3, 0.4) is 0 Å². The van der Waals surface area contributed by atoms with Gasteiger partial charge in [-0.3, -0.25) is 0 Å². The van der Waals surface area contributed by atoms with E-state index in [0.29, 0.717) is 0 Å². The molecule has 1 rings (SSSR count). The minimum Gasteiger partial charge on any atom is -0.471 e. The average molecular weight is 148 g/mol. The fourth-order valence-electron chi connectivity index (χ4n) is 0.510. The highest BCUT2D eigenvalue weighted by atomic mass is 32.7. The minimum atomic E-state index is -0.140. The molecule has 0 radical (unpaired) electrons. The van der Waals surface area contributed by atoms with E-state index in [2.05, 4.69) is 13.0 Å². The summed E-state index contributed by atoms with van der Waals surface area (Å²) in [6, 6.07) is 0. The summed E-state index contributed by atoms with van der Waals surface area (Å²) in [5.41, 5.74) is 0. The molecule has 1 nitrogen and oxygen atoms in total. The van der Waals surface area contributed by atoms with Gasteiger partial charge in [-0.1, -0.05) is 18.3 Å². The highest BCUT2D eigenvalue weighted by molar-refractivity contribution is 8.54. The predicted molar refractivity (Wildman–Crippen MR) is 40.1 cm³/mol. The Morgan fingerprint density at radius 3 is 3.25 bits per heavy atom. The summed E-state index contributed by atoms with van der Waals surface area (Å²) in [4.78, 5) is 0. The zero-order valence-electron chi connectivity index (χ0n) is 4.83. The van der Waals surface area contributed by atoms with Gasteiger partial charge in [-0.2, -0.15) is 0 Å². The van der Waals surface area contributed by atoms with Gasteiger partial charge in [0.15, 0.2) is 7.35 Å². The van der Waals surface area contributed by atoms with Crippen LogP contribution in [0.25, 0.3) is 0 Å². The Balaban J connectivity index is 2.10. The molecule has 0 bridgehead atoms. The molecule has 8 heavy (non-hydrogen) atoms. The Morgan fingerprint density at radius 2 is 2.75 bits per heavy atom. The van der Waals surface area contributed by atoms with E-state index < -0.39 is 0 Å². The molecular weight excluding hydrogens is 139 g/mol. The second-order valence-corrected chi connectivity index (χ2v) is 5.48. The molecule has 0 saturated carbocycles. The molecule has 0 spiro atoms. The topological polar surface area (TPSA) is 9.23 Å². The van der Waals surface area contributed by atoms with Crippen molar-refractivity contribution in [2.75, 3.05) is 11.9 Å². The van der Waals surface area contributed by atoms with E-state index in [4.69, 9.17) is 4.52 Å². The van der Waals surface area contributed by atoms with Crippen LogP contribution in [0.2, 0.25) is 0 Å². The maximum absolute atomic E-state index is 5.24. The third-order valence-electron chi connectivity index (χ3n) is 0.802. The van der Waals surface area contributed by atoms with Crippen molar-refractivity contribution in [2.45, 2.75) is 6.92 Å². The van der Waals surface area contributed by atoms with E-state index in [1.807, 2.05) is 17.6 Å². The summed E-state index contributed by atoms with van der Waals surface area (Å²) < 4.78 is 5.24. The van der Waals surface area contributed by atoms with Crippen molar-refractivity contribution in [3.63, 3.8) is 0 Å². The average Bonchev–Trinajstić information content (AvgIpc) is 2.19. The predicted octanol–water partition coefficient (Wildman–Crippen LogP) is 2.60. The van der Waals surface area contributed by atoms with E-state index in [1.165, 1.54) is 5.75 Å². The summed E-state index contributed by atoms with van der Waals surface area (Å²) >= 11 is 1.92. The van der Waals surface area contributed by atoms with Crippen molar-refractivity contribution in [2.24, 2.45) is 0 Å². The van der Waals surface area contributed by atoms with Crippen molar-refractivity contribution in [1.82, 2.24) is 0 Å². The molecule has 1 aliphatic heterocycles. The lowest BCUT2D eigenvalue weighted by molar-refractivity contribution is 0.561. The first-order valence-electron chi connectivity index (χ1n) is 2.65. The van der Waals surface area contributed by atoms with Gasteiger partial charge in [0.25, 0.3) is 0 Å². The molecule has 0 amide bonds. The van der Waals surface area contributed by atoms with Gasteiger partial charge >= 0.3 is 0 Å². The van der Waals surface area contributed by atoms with Crippen LogP contribution in [-0.4, -0.2) is 11.9 Å². The van der Waals surface area contributed by atoms with E-state index >= 15 is 0 Å². The number of hydrogen-bond acceptors (Lipinski definition) is 2. The second kappa shape index (κ2) is 3.37. The Kier molecular flexibility index (Phi) is 2.71. The van der Waals surface area contributed by atoms with Gasteiger partial charge in [0.1, 0.15) is 0 Å². The van der Waals surface area contributed by atoms with Crippen LogP contribution in [0.4, 0.5) is 0 Å². The molecule has 1 unspecified atom stereocenters. The Hall–Kier alpha value is 0.320. The molecule has 1 atom stereocenters. The molecule has 1 aliphatic rings. The first-order chi connectivity index (χ1) is 3.93. The van der Waals surface area contributed by atoms with Crippen molar-refractivity contribution >= 4 is 18.7 Å². The summed E-state index contributed by atoms with van der Waals surface area (Å²) in [6.45, 7) is 2.16. The first-order valence-corrected chi connectivity index (χ1v) is 5.69. The van der Waals surface area contributed by atoms with Crippen LogP contribution >= 0.6 is 18.7 Å². The van der Waals surface area contributed by atoms with Crippen LogP contribution in [0.15, 0.2) is 12.3 Å². The van der Waals surface area contributed by atoms with Crippen molar-refractivity contribution in [3.8, 4) is 0 Å². The van der Waals surface area contributed by atoms with Gasteiger partial charge in [0, 0.05) is 6.16 Å². The van der Waals surface area contributed by atoms with E-state index in [0.717, 1.165) is 6.16 Å². The fraction of sp³-hybridized carbons (Fsp3) is 0.600. The van der Waals surface area contributed by atoms with Gasteiger partial charge in [-0.15, -0.1) is 0 Å². The Bertz CT molecular complexity index is 86.4. The molecule has 0 N–H and O–H groups in total. The maximum atomic E-state index is 5.24. The lowest BCUT2D eigenvalue weighted by atomic mass is 10.7. The number of hydrogen-bond donors (Lipinski definition) is 0. The largest absolute Gasteiger partial charge is 0.471 e. The minimum absolute atomic E-state index is 0.140. The van der Waals surface area contributed by atoms with E-state index in [-0.39, 0.29) is 7.35 Å². The quantitative estimate of drug-likeness (QED) is 0.556. The van der Waals surface area contributed by atoms with Gasteiger partial charge < -0.3 is 4.52 Å².